The molecule has 3 N–H and O–H groups in total. The van der Waals surface area contributed by atoms with E-state index in [4.69, 9.17) is 21.1 Å². The van der Waals surface area contributed by atoms with Gasteiger partial charge >= 0.3 is 5.97 Å². The van der Waals surface area contributed by atoms with Crippen molar-refractivity contribution in [3.8, 4) is 11.5 Å². The Morgan fingerprint density at radius 1 is 1.11 bits per heavy atom. The molecule has 4 atom stereocenters. The zero-order valence-electron chi connectivity index (χ0n) is 21.2. The molecule has 0 saturated carbocycles. The first-order valence-electron chi connectivity index (χ1n) is 12.3. The lowest BCUT2D eigenvalue weighted by Crippen LogP contribution is -2.53. The fourth-order valence-corrected chi connectivity index (χ4v) is 6.23. The monoisotopic (exact) mass is 541 g/mol. The first kappa shape index (κ1) is 26.0. The van der Waals surface area contributed by atoms with E-state index in [0.29, 0.717) is 39.8 Å². The predicted molar refractivity (Wildman–Crippen MR) is 137 cm³/mol. The maximum Gasteiger partial charge on any atom is 0.303 e. The van der Waals surface area contributed by atoms with Gasteiger partial charge in [0.1, 0.15) is 5.54 Å². The number of nitrogens with zero attached hydrogens (tertiary/aromatic N) is 1. The molecular formula is C27H28ClN3O7. The van der Waals surface area contributed by atoms with Crippen molar-refractivity contribution in [3.63, 3.8) is 0 Å². The number of imide groups is 1. The molecule has 2 fully saturated rings. The molecule has 2 saturated heterocycles. The van der Waals surface area contributed by atoms with E-state index in [1.54, 1.807) is 31.2 Å². The van der Waals surface area contributed by atoms with Crippen molar-refractivity contribution in [2.24, 2.45) is 11.8 Å². The molecule has 4 unspecified atom stereocenters. The van der Waals surface area contributed by atoms with Gasteiger partial charge in [-0.15, -0.1) is 0 Å². The Kier molecular flexibility index (Phi) is 6.56. The summed E-state index contributed by atoms with van der Waals surface area (Å²) in [6.07, 6.45) is 0.253. The number of ether oxygens (including phenoxy) is 2. The molecule has 2 aromatic carbocycles. The first-order chi connectivity index (χ1) is 18.1. The molecule has 200 valence electrons. The van der Waals surface area contributed by atoms with E-state index in [1.807, 2.05) is 6.07 Å². The van der Waals surface area contributed by atoms with Crippen LogP contribution in [0.4, 0.5) is 5.69 Å². The van der Waals surface area contributed by atoms with Crippen molar-refractivity contribution >= 4 is 41.0 Å². The number of amides is 3. The summed E-state index contributed by atoms with van der Waals surface area (Å²) in [4.78, 5) is 53.7. The molecule has 5 rings (SSSR count). The standard InChI is InChI=1S/C27H28ClN3O7/c1-13-16(28)6-5-15-23(13)29-26(36)27(15)22-21(17(30-27)7-9-20(32)33)24(34)31(25(22)35)11-10-14-4-8-18(37-2)19(12-14)38-3/h4-6,8,12,17,21-22,30H,7,9-11H2,1-3H3,(H,29,36)(H,32,33). The minimum atomic E-state index is -1.50. The van der Waals surface area contributed by atoms with E-state index in [9.17, 15) is 24.3 Å². The molecule has 3 heterocycles. The normalized spacial score (nSPS) is 25.5. The van der Waals surface area contributed by atoms with Crippen LogP contribution in [-0.4, -0.2) is 60.5 Å². The van der Waals surface area contributed by atoms with Gasteiger partial charge in [-0.3, -0.25) is 29.4 Å². The van der Waals surface area contributed by atoms with E-state index < -0.39 is 47.1 Å². The van der Waals surface area contributed by atoms with Gasteiger partial charge < -0.3 is 19.9 Å². The van der Waals surface area contributed by atoms with E-state index in [2.05, 4.69) is 10.6 Å². The van der Waals surface area contributed by atoms with Gasteiger partial charge in [0.05, 0.1) is 31.7 Å². The lowest BCUT2D eigenvalue weighted by atomic mass is 9.76. The van der Waals surface area contributed by atoms with Crippen LogP contribution in [0.25, 0.3) is 0 Å². The second kappa shape index (κ2) is 9.59. The Hall–Kier alpha value is -3.63. The predicted octanol–water partition coefficient (Wildman–Crippen LogP) is 2.49. The lowest BCUT2D eigenvalue weighted by molar-refractivity contribution is -0.143. The first-order valence-corrected chi connectivity index (χ1v) is 12.7. The number of aliphatic carboxylic acids is 1. The number of carbonyl (C=O) groups is 4. The number of benzene rings is 2. The highest BCUT2D eigenvalue weighted by Gasteiger charge is 2.70. The summed E-state index contributed by atoms with van der Waals surface area (Å²) >= 11 is 6.29. The van der Waals surface area contributed by atoms with Crippen LogP contribution in [0.5, 0.6) is 11.5 Å². The smallest absolute Gasteiger partial charge is 0.303 e. The highest BCUT2D eigenvalue weighted by Crippen LogP contribution is 2.54. The number of methoxy groups -OCH3 is 2. The van der Waals surface area contributed by atoms with Crippen LogP contribution in [-0.2, 0) is 31.1 Å². The average Bonchev–Trinajstić information content (AvgIpc) is 3.48. The highest BCUT2D eigenvalue weighted by atomic mass is 35.5. The number of carboxylic acid groups (broad SMARTS) is 1. The van der Waals surface area contributed by atoms with Gasteiger partial charge in [-0.25, -0.2) is 0 Å². The molecule has 3 aliphatic rings. The largest absolute Gasteiger partial charge is 0.493 e. The quantitative estimate of drug-likeness (QED) is 0.434. The molecule has 0 aromatic heterocycles. The van der Waals surface area contributed by atoms with Crippen molar-refractivity contribution < 1.29 is 33.8 Å². The van der Waals surface area contributed by atoms with Crippen LogP contribution < -0.4 is 20.1 Å². The van der Waals surface area contributed by atoms with Crippen molar-refractivity contribution in [3.05, 3.63) is 52.0 Å². The van der Waals surface area contributed by atoms with Crippen LogP contribution in [0.15, 0.2) is 30.3 Å². The summed E-state index contributed by atoms with van der Waals surface area (Å²) in [5.74, 6) is -3.13. The average molecular weight is 542 g/mol. The Balaban J connectivity index is 1.50. The third kappa shape index (κ3) is 3.82. The third-order valence-corrected chi connectivity index (χ3v) is 8.33. The Labute approximate surface area is 224 Å². The zero-order chi connectivity index (χ0) is 27.4. The minimum absolute atomic E-state index is 0.0932. The second-order valence-electron chi connectivity index (χ2n) is 9.81. The molecule has 3 aliphatic heterocycles. The van der Waals surface area contributed by atoms with E-state index in [1.165, 1.54) is 19.1 Å². The van der Waals surface area contributed by atoms with E-state index in [-0.39, 0.29) is 19.4 Å². The number of anilines is 1. The van der Waals surface area contributed by atoms with Crippen LogP contribution in [0.3, 0.4) is 0 Å². The molecule has 0 bridgehead atoms. The number of fused-ring (bicyclic) bond motifs is 4. The van der Waals surface area contributed by atoms with Gasteiger partial charge in [-0.05, 0) is 49.1 Å². The summed E-state index contributed by atoms with van der Waals surface area (Å²) in [7, 11) is 3.06. The van der Waals surface area contributed by atoms with Gasteiger partial charge in [0, 0.05) is 29.6 Å². The maximum atomic E-state index is 13.9. The van der Waals surface area contributed by atoms with Crippen LogP contribution >= 0.6 is 11.6 Å². The fraction of sp³-hybridized carbons (Fsp3) is 0.407. The maximum absolute atomic E-state index is 13.9. The number of likely N-dealkylation sites (tertiary alicyclic amines) is 1. The number of halogens is 1. The molecule has 38 heavy (non-hydrogen) atoms. The summed E-state index contributed by atoms with van der Waals surface area (Å²) in [5, 5.41) is 15.9. The van der Waals surface area contributed by atoms with Crippen molar-refractivity contribution in [1.82, 2.24) is 10.2 Å². The Morgan fingerprint density at radius 3 is 2.53 bits per heavy atom. The molecular weight excluding hydrogens is 514 g/mol. The SMILES string of the molecule is COc1ccc(CCN2C(=O)C3C(CCC(=O)O)NC4(C(=O)Nc5c4ccc(Cl)c5C)C3C2=O)cc1OC. The highest BCUT2D eigenvalue weighted by molar-refractivity contribution is 6.32. The molecule has 1 spiro atoms. The van der Waals surface area contributed by atoms with Crippen LogP contribution in [0.2, 0.25) is 5.02 Å². The number of carbonyl (C=O) groups excluding carboxylic acids is 3. The third-order valence-electron chi connectivity index (χ3n) is 7.92. The number of nitrogens with one attached hydrogen (secondary N) is 2. The Bertz CT molecular complexity index is 1360. The van der Waals surface area contributed by atoms with Gasteiger partial charge in [0.15, 0.2) is 11.5 Å². The Morgan fingerprint density at radius 2 is 1.84 bits per heavy atom. The molecule has 3 amide bonds. The lowest BCUT2D eigenvalue weighted by Gasteiger charge is -2.29. The number of rotatable bonds is 8. The summed E-state index contributed by atoms with van der Waals surface area (Å²) in [6, 6.07) is 8.05. The van der Waals surface area contributed by atoms with Gasteiger partial charge in [-0.2, -0.15) is 0 Å². The van der Waals surface area contributed by atoms with Crippen LogP contribution in [0, 0.1) is 18.8 Å². The second-order valence-corrected chi connectivity index (χ2v) is 10.2. The van der Waals surface area contributed by atoms with Crippen molar-refractivity contribution in [2.75, 3.05) is 26.1 Å². The minimum Gasteiger partial charge on any atom is -0.493 e. The zero-order valence-corrected chi connectivity index (χ0v) is 21.9. The number of hydrogen-bond acceptors (Lipinski definition) is 7. The molecule has 11 heteroatoms. The topological polar surface area (TPSA) is 134 Å². The fourth-order valence-electron chi connectivity index (χ4n) is 6.07. The number of carboxylic acids is 1. The van der Waals surface area contributed by atoms with E-state index in [0.717, 1.165) is 5.56 Å². The van der Waals surface area contributed by atoms with Crippen molar-refractivity contribution in [1.29, 1.82) is 0 Å². The summed E-state index contributed by atoms with van der Waals surface area (Å²) < 4.78 is 10.6. The number of hydrogen-bond donors (Lipinski definition) is 3. The van der Waals surface area contributed by atoms with E-state index >= 15 is 0 Å². The summed E-state index contributed by atoms with van der Waals surface area (Å²) in [6.45, 7) is 1.88. The molecule has 0 aliphatic carbocycles. The van der Waals surface area contributed by atoms with Gasteiger partial charge in [-0.1, -0.05) is 23.7 Å². The molecule has 10 nitrogen and oxygen atoms in total. The van der Waals surface area contributed by atoms with Gasteiger partial charge in [0.2, 0.25) is 17.7 Å². The van der Waals surface area contributed by atoms with Gasteiger partial charge in [0.25, 0.3) is 0 Å². The molecule has 0 radical (unpaired) electrons. The molecule has 2 aromatic rings. The van der Waals surface area contributed by atoms with Crippen LogP contribution in [0.1, 0.15) is 29.5 Å². The summed E-state index contributed by atoms with van der Waals surface area (Å²) in [5.41, 5.74) is 1.05. The van der Waals surface area contributed by atoms with Crippen molar-refractivity contribution in [2.45, 2.75) is 37.8 Å².